The summed E-state index contributed by atoms with van der Waals surface area (Å²) in [5.74, 6) is -0.860. The van der Waals surface area contributed by atoms with Gasteiger partial charge in [0.25, 0.3) is 0 Å². The molecule has 106 valence electrons. The second kappa shape index (κ2) is 6.01. The second-order valence-electron chi connectivity index (χ2n) is 4.47. The van der Waals surface area contributed by atoms with E-state index in [-0.39, 0.29) is 12.1 Å². The van der Waals surface area contributed by atoms with Gasteiger partial charge in [0.05, 0.1) is 16.2 Å². The Bertz CT molecular complexity index is 738. The molecule has 21 heavy (non-hydrogen) atoms. The molecule has 2 aromatic carbocycles. The third-order valence-electron chi connectivity index (χ3n) is 3.11. The number of nitrogens with zero attached hydrogens (tertiary/aromatic N) is 2. The van der Waals surface area contributed by atoms with Gasteiger partial charge >= 0.3 is 5.69 Å². The Hall–Kier alpha value is -2.94. The number of anilines is 1. The normalized spacial score (nSPS) is 9.95. The quantitative estimate of drug-likeness (QED) is 0.688. The van der Waals surface area contributed by atoms with E-state index in [9.17, 15) is 14.5 Å². The van der Waals surface area contributed by atoms with Gasteiger partial charge in [-0.15, -0.1) is 0 Å². The van der Waals surface area contributed by atoms with Gasteiger partial charge in [0, 0.05) is 18.2 Å². The van der Waals surface area contributed by atoms with Gasteiger partial charge < -0.3 is 5.32 Å². The first kappa shape index (κ1) is 14.5. The minimum atomic E-state index is -0.860. The van der Waals surface area contributed by atoms with Gasteiger partial charge in [0.15, 0.2) is 0 Å². The fourth-order valence-corrected chi connectivity index (χ4v) is 2.00. The molecule has 0 spiro atoms. The molecule has 2 aromatic rings. The standard InChI is InChI=1S/C15H12FN3O2/c1-10-4-2-6-13(12(10)8-17)18-9-11-5-3-7-14(15(11)16)19(20)21/h2-7,18H,9H2,1H3. The van der Waals surface area contributed by atoms with Gasteiger partial charge in [-0.1, -0.05) is 24.3 Å². The molecular weight excluding hydrogens is 273 g/mol. The molecule has 0 aliphatic rings. The number of nitriles is 1. The summed E-state index contributed by atoms with van der Waals surface area (Å²) in [7, 11) is 0. The molecule has 0 heterocycles. The highest BCUT2D eigenvalue weighted by atomic mass is 19.1. The average Bonchev–Trinajstić information content (AvgIpc) is 2.46. The Morgan fingerprint density at radius 3 is 2.71 bits per heavy atom. The van der Waals surface area contributed by atoms with Gasteiger partial charge in [0.1, 0.15) is 6.07 Å². The molecule has 0 amide bonds. The monoisotopic (exact) mass is 285 g/mol. The lowest BCUT2D eigenvalue weighted by atomic mass is 10.1. The van der Waals surface area contributed by atoms with Crippen LogP contribution < -0.4 is 5.32 Å². The first-order valence-corrected chi connectivity index (χ1v) is 6.20. The van der Waals surface area contributed by atoms with Gasteiger partial charge in [-0.3, -0.25) is 10.1 Å². The lowest BCUT2D eigenvalue weighted by Gasteiger charge is -2.10. The maximum atomic E-state index is 13.9. The van der Waals surface area contributed by atoms with E-state index in [1.165, 1.54) is 12.1 Å². The summed E-state index contributed by atoms with van der Waals surface area (Å²) < 4.78 is 13.9. The van der Waals surface area contributed by atoms with E-state index in [0.717, 1.165) is 11.6 Å². The minimum Gasteiger partial charge on any atom is -0.380 e. The Balaban J connectivity index is 2.26. The molecule has 6 heteroatoms. The zero-order valence-electron chi connectivity index (χ0n) is 11.3. The van der Waals surface area contributed by atoms with Crippen molar-refractivity contribution in [2.75, 3.05) is 5.32 Å². The molecule has 0 unspecified atom stereocenters. The average molecular weight is 285 g/mol. The first-order valence-electron chi connectivity index (χ1n) is 6.20. The molecule has 0 aliphatic carbocycles. The Morgan fingerprint density at radius 1 is 1.33 bits per heavy atom. The summed E-state index contributed by atoms with van der Waals surface area (Å²) in [5, 5.41) is 22.8. The van der Waals surface area contributed by atoms with Crippen LogP contribution in [-0.2, 0) is 6.54 Å². The van der Waals surface area contributed by atoms with Crippen molar-refractivity contribution in [2.24, 2.45) is 0 Å². The zero-order chi connectivity index (χ0) is 15.4. The number of nitrogens with one attached hydrogen (secondary N) is 1. The van der Waals surface area contributed by atoms with E-state index in [2.05, 4.69) is 11.4 Å². The molecule has 0 bridgehead atoms. The molecule has 5 nitrogen and oxygen atoms in total. The smallest absolute Gasteiger partial charge is 0.305 e. The van der Waals surface area contributed by atoms with Crippen LogP contribution in [0.2, 0.25) is 0 Å². The molecule has 0 fully saturated rings. The number of nitro groups is 1. The molecular formula is C15H12FN3O2. The van der Waals surface area contributed by atoms with Crippen molar-refractivity contribution in [3.05, 3.63) is 69.0 Å². The predicted molar refractivity (Wildman–Crippen MR) is 76.3 cm³/mol. The van der Waals surface area contributed by atoms with Crippen LogP contribution in [0.25, 0.3) is 0 Å². The summed E-state index contributed by atoms with van der Waals surface area (Å²) in [6.07, 6.45) is 0. The van der Waals surface area contributed by atoms with E-state index in [1.807, 2.05) is 0 Å². The van der Waals surface area contributed by atoms with Gasteiger partial charge in [-0.25, -0.2) is 0 Å². The van der Waals surface area contributed by atoms with Crippen molar-refractivity contribution in [2.45, 2.75) is 13.5 Å². The van der Waals surface area contributed by atoms with E-state index in [4.69, 9.17) is 5.26 Å². The summed E-state index contributed by atoms with van der Waals surface area (Å²) in [6.45, 7) is 1.86. The SMILES string of the molecule is Cc1cccc(NCc2cccc([N+](=O)[O-])c2F)c1C#N. The third kappa shape index (κ3) is 2.98. The van der Waals surface area contributed by atoms with Crippen molar-refractivity contribution in [1.29, 1.82) is 5.26 Å². The maximum absolute atomic E-state index is 13.9. The van der Waals surface area contributed by atoms with E-state index in [0.29, 0.717) is 11.3 Å². The number of nitro benzene ring substituents is 1. The fourth-order valence-electron chi connectivity index (χ4n) is 2.00. The van der Waals surface area contributed by atoms with Gasteiger partial charge in [-0.2, -0.15) is 9.65 Å². The number of rotatable bonds is 4. The van der Waals surface area contributed by atoms with Crippen molar-refractivity contribution < 1.29 is 9.31 Å². The Kier molecular flexibility index (Phi) is 4.14. The first-order chi connectivity index (χ1) is 10.0. The largest absolute Gasteiger partial charge is 0.380 e. The maximum Gasteiger partial charge on any atom is 0.305 e. The van der Waals surface area contributed by atoms with Crippen LogP contribution in [0.1, 0.15) is 16.7 Å². The lowest BCUT2D eigenvalue weighted by Crippen LogP contribution is -2.05. The van der Waals surface area contributed by atoms with Crippen molar-refractivity contribution in [3.8, 4) is 6.07 Å². The summed E-state index contributed by atoms with van der Waals surface area (Å²) >= 11 is 0. The molecule has 0 atom stereocenters. The summed E-state index contributed by atoms with van der Waals surface area (Å²) in [6, 6.07) is 11.4. The van der Waals surface area contributed by atoms with Crippen LogP contribution in [0.5, 0.6) is 0 Å². The third-order valence-corrected chi connectivity index (χ3v) is 3.11. The van der Waals surface area contributed by atoms with Gasteiger partial charge in [-0.05, 0) is 18.6 Å². The van der Waals surface area contributed by atoms with E-state index < -0.39 is 16.4 Å². The topological polar surface area (TPSA) is 79.0 Å². The highest BCUT2D eigenvalue weighted by Crippen LogP contribution is 2.23. The molecule has 0 aliphatic heterocycles. The van der Waals surface area contributed by atoms with Crippen molar-refractivity contribution in [1.82, 2.24) is 0 Å². The fraction of sp³-hybridized carbons (Fsp3) is 0.133. The van der Waals surface area contributed by atoms with Crippen LogP contribution in [0.4, 0.5) is 15.8 Å². The summed E-state index contributed by atoms with van der Waals surface area (Å²) in [5.41, 5.74) is 1.47. The number of aryl methyl sites for hydroxylation is 1. The molecule has 0 saturated carbocycles. The highest BCUT2D eigenvalue weighted by molar-refractivity contribution is 5.60. The molecule has 0 radical (unpaired) electrons. The number of benzene rings is 2. The van der Waals surface area contributed by atoms with Crippen molar-refractivity contribution in [3.63, 3.8) is 0 Å². The number of hydrogen-bond acceptors (Lipinski definition) is 4. The molecule has 0 aromatic heterocycles. The van der Waals surface area contributed by atoms with Crippen molar-refractivity contribution >= 4 is 11.4 Å². The number of halogens is 1. The van der Waals surface area contributed by atoms with Gasteiger partial charge in [0.2, 0.25) is 5.82 Å². The number of hydrogen-bond donors (Lipinski definition) is 1. The second-order valence-corrected chi connectivity index (χ2v) is 4.47. The Morgan fingerprint density at radius 2 is 2.05 bits per heavy atom. The lowest BCUT2D eigenvalue weighted by molar-refractivity contribution is -0.387. The van der Waals surface area contributed by atoms with Crippen LogP contribution in [0.3, 0.4) is 0 Å². The molecule has 1 N–H and O–H groups in total. The van der Waals surface area contributed by atoms with E-state index in [1.54, 1.807) is 25.1 Å². The minimum absolute atomic E-state index is 0.0612. The summed E-state index contributed by atoms with van der Waals surface area (Å²) in [4.78, 5) is 9.94. The van der Waals surface area contributed by atoms with Crippen LogP contribution in [0.15, 0.2) is 36.4 Å². The highest BCUT2D eigenvalue weighted by Gasteiger charge is 2.17. The molecule has 2 rings (SSSR count). The van der Waals surface area contributed by atoms with E-state index >= 15 is 0 Å². The van der Waals surface area contributed by atoms with Crippen LogP contribution in [0, 0.1) is 34.2 Å². The molecule has 0 saturated heterocycles. The van der Waals surface area contributed by atoms with Crippen LogP contribution in [-0.4, -0.2) is 4.92 Å². The predicted octanol–water partition coefficient (Wildman–Crippen LogP) is 3.53. The zero-order valence-corrected chi connectivity index (χ0v) is 11.3. The van der Waals surface area contributed by atoms with Crippen LogP contribution >= 0.6 is 0 Å². The Labute approximate surface area is 120 Å².